The Labute approximate surface area is 121 Å². The van der Waals surface area contributed by atoms with Crippen LogP contribution in [0.1, 0.15) is 12.0 Å². The quantitative estimate of drug-likeness (QED) is 0.666. The molecule has 1 saturated heterocycles. The first-order chi connectivity index (χ1) is 9.98. The van der Waals surface area contributed by atoms with Gasteiger partial charge in [-0.2, -0.15) is 0 Å². The fraction of sp³-hybridized carbons (Fsp3) is 0.429. The van der Waals surface area contributed by atoms with Crippen LogP contribution in [-0.2, 0) is 20.9 Å². The summed E-state index contributed by atoms with van der Waals surface area (Å²) in [6.07, 6.45) is 0.421. The van der Waals surface area contributed by atoms with E-state index in [9.17, 15) is 19.1 Å². The molecule has 3 N–H and O–H groups in total. The number of aliphatic hydroxyl groups is 1. The van der Waals surface area contributed by atoms with E-state index in [2.05, 4.69) is 10.6 Å². The lowest BCUT2D eigenvalue weighted by molar-refractivity contribution is -0.139. The van der Waals surface area contributed by atoms with Crippen LogP contribution >= 0.6 is 0 Å². The van der Waals surface area contributed by atoms with Crippen molar-refractivity contribution in [3.63, 3.8) is 0 Å². The van der Waals surface area contributed by atoms with Gasteiger partial charge in [-0.1, -0.05) is 12.1 Å². The van der Waals surface area contributed by atoms with Crippen molar-refractivity contribution in [2.45, 2.75) is 18.6 Å². The van der Waals surface area contributed by atoms with Crippen molar-refractivity contribution < 1.29 is 23.8 Å². The second kappa shape index (κ2) is 6.64. The largest absolute Gasteiger partial charge is 0.386 e. The number of rotatable bonds is 4. The Hall–Kier alpha value is -1.99. The van der Waals surface area contributed by atoms with Crippen LogP contribution in [-0.4, -0.2) is 42.3 Å². The van der Waals surface area contributed by atoms with E-state index in [1.165, 1.54) is 24.3 Å². The summed E-state index contributed by atoms with van der Waals surface area (Å²) in [6, 6.07) is 5.59. The van der Waals surface area contributed by atoms with Crippen LogP contribution in [0, 0.1) is 5.82 Å². The van der Waals surface area contributed by atoms with Crippen molar-refractivity contribution >= 4 is 11.8 Å². The van der Waals surface area contributed by atoms with Crippen molar-refractivity contribution in [1.29, 1.82) is 0 Å². The minimum atomic E-state index is -1.10. The highest BCUT2D eigenvalue weighted by atomic mass is 19.1. The second-order valence-corrected chi connectivity index (χ2v) is 5.02. The molecule has 7 heteroatoms. The molecule has 1 aromatic rings. The summed E-state index contributed by atoms with van der Waals surface area (Å²) in [7, 11) is 0. The van der Waals surface area contributed by atoms with Gasteiger partial charge in [0.1, 0.15) is 11.4 Å². The molecule has 0 radical (unpaired) electrons. The van der Waals surface area contributed by atoms with E-state index in [1.54, 1.807) is 0 Å². The number of nitrogens with one attached hydrogen (secondary N) is 2. The van der Waals surface area contributed by atoms with Gasteiger partial charge in [-0.15, -0.1) is 0 Å². The van der Waals surface area contributed by atoms with Crippen molar-refractivity contribution in [3.05, 3.63) is 35.6 Å². The van der Waals surface area contributed by atoms with Crippen LogP contribution in [0.3, 0.4) is 0 Å². The molecule has 2 rings (SSSR count). The molecule has 1 atom stereocenters. The van der Waals surface area contributed by atoms with E-state index in [4.69, 9.17) is 4.74 Å². The Balaban J connectivity index is 1.74. The van der Waals surface area contributed by atoms with Gasteiger partial charge in [-0.25, -0.2) is 4.39 Å². The summed E-state index contributed by atoms with van der Waals surface area (Å²) in [5.41, 5.74) is -0.423. The summed E-state index contributed by atoms with van der Waals surface area (Å²) < 4.78 is 17.7. The third-order valence-electron chi connectivity index (χ3n) is 3.23. The van der Waals surface area contributed by atoms with Gasteiger partial charge in [-0.3, -0.25) is 9.59 Å². The van der Waals surface area contributed by atoms with Gasteiger partial charge in [-0.05, 0) is 17.7 Å². The molecule has 1 aliphatic rings. The molecule has 114 valence electrons. The lowest BCUT2D eigenvalue weighted by Crippen LogP contribution is -2.47. The third-order valence-corrected chi connectivity index (χ3v) is 3.23. The molecule has 1 aliphatic heterocycles. The minimum Gasteiger partial charge on any atom is -0.386 e. The van der Waals surface area contributed by atoms with Crippen LogP contribution in [0.4, 0.5) is 4.39 Å². The molecule has 21 heavy (non-hydrogen) atoms. The molecule has 1 heterocycles. The number of carbonyl (C=O) groups excluding carboxylic acids is 2. The van der Waals surface area contributed by atoms with E-state index in [0.717, 1.165) is 0 Å². The average molecular weight is 296 g/mol. The molecule has 0 spiro atoms. The Morgan fingerprint density at radius 1 is 1.24 bits per heavy atom. The number of ether oxygens (including phenoxy) is 1. The first-order valence-corrected chi connectivity index (χ1v) is 6.59. The van der Waals surface area contributed by atoms with Crippen LogP contribution in [0.5, 0.6) is 0 Å². The fourth-order valence-corrected chi connectivity index (χ4v) is 1.93. The molecule has 6 nitrogen and oxygen atoms in total. The normalized spacial score (nSPS) is 21.0. The zero-order chi connectivity index (χ0) is 15.3. The molecule has 0 unspecified atom stereocenters. The van der Waals surface area contributed by atoms with Crippen LogP contribution in [0.25, 0.3) is 0 Å². The van der Waals surface area contributed by atoms with Gasteiger partial charge < -0.3 is 20.5 Å². The topological polar surface area (TPSA) is 87.7 Å². The molecule has 0 aromatic heterocycles. The Morgan fingerprint density at radius 2 is 1.90 bits per heavy atom. The van der Waals surface area contributed by atoms with Crippen molar-refractivity contribution in [3.8, 4) is 0 Å². The highest BCUT2D eigenvalue weighted by Gasteiger charge is 2.33. The van der Waals surface area contributed by atoms with Crippen LogP contribution in [0.15, 0.2) is 24.3 Å². The average Bonchev–Trinajstić information content (AvgIpc) is 2.91. The van der Waals surface area contributed by atoms with E-state index < -0.39 is 17.4 Å². The van der Waals surface area contributed by atoms with Crippen molar-refractivity contribution in [2.24, 2.45) is 0 Å². The summed E-state index contributed by atoms with van der Waals surface area (Å²) >= 11 is 0. The lowest BCUT2D eigenvalue weighted by Gasteiger charge is -2.20. The SMILES string of the molecule is O=C(NCc1ccc(F)cc1)C(=O)NC[C@]1(O)CCOC1. The molecular formula is C14H17FN2O4. The predicted molar refractivity (Wildman–Crippen MR) is 71.6 cm³/mol. The maximum Gasteiger partial charge on any atom is 0.309 e. The Morgan fingerprint density at radius 3 is 2.52 bits per heavy atom. The summed E-state index contributed by atoms with van der Waals surface area (Å²) in [6.45, 7) is 0.670. The molecule has 1 aromatic carbocycles. The summed E-state index contributed by atoms with van der Waals surface area (Å²) in [5, 5.41) is 14.7. The highest BCUT2D eigenvalue weighted by Crippen LogP contribution is 2.16. The number of benzene rings is 1. The summed E-state index contributed by atoms with van der Waals surface area (Å²) in [5.74, 6) is -1.99. The first kappa shape index (κ1) is 15.4. The van der Waals surface area contributed by atoms with Gasteiger partial charge in [0.2, 0.25) is 0 Å². The van der Waals surface area contributed by atoms with E-state index >= 15 is 0 Å². The molecule has 2 amide bonds. The molecule has 0 saturated carbocycles. The smallest absolute Gasteiger partial charge is 0.309 e. The minimum absolute atomic E-state index is 0.0319. The second-order valence-electron chi connectivity index (χ2n) is 5.02. The number of halogens is 1. The fourth-order valence-electron chi connectivity index (χ4n) is 1.93. The number of hydrogen-bond donors (Lipinski definition) is 3. The van der Waals surface area contributed by atoms with Crippen LogP contribution in [0.2, 0.25) is 0 Å². The van der Waals surface area contributed by atoms with Gasteiger partial charge in [0.05, 0.1) is 6.61 Å². The standard InChI is InChI=1S/C14H17FN2O4/c15-11-3-1-10(2-4-11)7-16-12(18)13(19)17-8-14(20)5-6-21-9-14/h1-4,20H,5-9H2,(H,16,18)(H,17,19)/t14-/m1/s1. The number of amides is 2. The van der Waals surface area contributed by atoms with E-state index in [-0.39, 0.29) is 25.5 Å². The predicted octanol–water partition coefficient (Wildman–Crippen LogP) is -0.291. The monoisotopic (exact) mass is 296 g/mol. The van der Waals surface area contributed by atoms with Gasteiger partial charge in [0.25, 0.3) is 0 Å². The van der Waals surface area contributed by atoms with Gasteiger partial charge in [0.15, 0.2) is 0 Å². The Bertz CT molecular complexity index is 512. The van der Waals surface area contributed by atoms with Crippen LogP contribution < -0.4 is 10.6 Å². The van der Waals surface area contributed by atoms with Crippen molar-refractivity contribution in [2.75, 3.05) is 19.8 Å². The third kappa shape index (κ3) is 4.51. The lowest BCUT2D eigenvalue weighted by atomic mass is 10.0. The summed E-state index contributed by atoms with van der Waals surface area (Å²) in [4.78, 5) is 23.2. The number of hydrogen-bond acceptors (Lipinski definition) is 4. The molecule has 0 bridgehead atoms. The van der Waals surface area contributed by atoms with Crippen molar-refractivity contribution in [1.82, 2.24) is 10.6 Å². The van der Waals surface area contributed by atoms with Gasteiger partial charge >= 0.3 is 11.8 Å². The molecule has 1 fully saturated rings. The molecule has 0 aliphatic carbocycles. The highest BCUT2D eigenvalue weighted by molar-refractivity contribution is 6.35. The first-order valence-electron chi connectivity index (χ1n) is 6.59. The zero-order valence-corrected chi connectivity index (χ0v) is 11.4. The molecular weight excluding hydrogens is 279 g/mol. The maximum absolute atomic E-state index is 12.7. The maximum atomic E-state index is 12.7. The van der Waals surface area contributed by atoms with E-state index in [1.807, 2.05) is 0 Å². The van der Waals surface area contributed by atoms with Gasteiger partial charge in [0, 0.05) is 26.1 Å². The van der Waals surface area contributed by atoms with E-state index in [0.29, 0.717) is 18.6 Å². The zero-order valence-electron chi connectivity index (χ0n) is 11.4. The number of carbonyl (C=O) groups is 2. The Kier molecular flexibility index (Phi) is 4.87.